The Kier molecular flexibility index (Phi) is 7.03. The molecule has 0 saturated heterocycles. The maximum absolute atomic E-state index is 13.3. The molecule has 7 nitrogen and oxygen atoms in total. The lowest BCUT2D eigenvalue weighted by Crippen LogP contribution is -2.46. The summed E-state index contributed by atoms with van der Waals surface area (Å²) in [7, 11) is 0. The molecular formula is C30H30N4O3. The van der Waals surface area contributed by atoms with E-state index in [1.54, 1.807) is 4.90 Å². The number of nitrogens with one attached hydrogen (secondary N) is 1. The Morgan fingerprint density at radius 1 is 0.973 bits per heavy atom. The van der Waals surface area contributed by atoms with Crippen LogP contribution in [0.1, 0.15) is 42.5 Å². The smallest absolute Gasteiger partial charge is 0.322 e. The first-order chi connectivity index (χ1) is 18.0. The van der Waals surface area contributed by atoms with Crippen LogP contribution in [0.15, 0.2) is 89.1 Å². The van der Waals surface area contributed by atoms with Gasteiger partial charge in [0.2, 0.25) is 5.82 Å². The van der Waals surface area contributed by atoms with Crippen LogP contribution in [0, 0.1) is 6.92 Å². The maximum atomic E-state index is 13.3. The molecule has 3 aromatic carbocycles. The van der Waals surface area contributed by atoms with Crippen molar-refractivity contribution in [2.24, 2.45) is 0 Å². The highest BCUT2D eigenvalue weighted by Gasteiger charge is 2.35. The summed E-state index contributed by atoms with van der Waals surface area (Å²) < 4.78 is 11.3. The van der Waals surface area contributed by atoms with E-state index in [9.17, 15) is 4.79 Å². The number of carbonyl (C=O) groups excluding carboxylic acids is 1. The monoisotopic (exact) mass is 494 g/mol. The molecule has 1 N–H and O–H groups in total. The molecule has 0 fully saturated rings. The molecule has 2 amide bonds. The second kappa shape index (κ2) is 10.7. The predicted octanol–water partition coefficient (Wildman–Crippen LogP) is 6.18. The molecule has 1 aliphatic rings. The third-order valence-corrected chi connectivity index (χ3v) is 6.55. The van der Waals surface area contributed by atoms with Gasteiger partial charge in [-0.25, -0.2) is 4.79 Å². The molecule has 0 bridgehead atoms. The molecular weight excluding hydrogens is 464 g/mol. The van der Waals surface area contributed by atoms with Crippen LogP contribution >= 0.6 is 0 Å². The van der Waals surface area contributed by atoms with E-state index >= 15 is 0 Å². The van der Waals surface area contributed by atoms with Gasteiger partial charge in [0, 0.05) is 17.8 Å². The Morgan fingerprint density at radius 2 is 1.70 bits per heavy atom. The van der Waals surface area contributed by atoms with Gasteiger partial charge in [-0.1, -0.05) is 65.3 Å². The van der Waals surface area contributed by atoms with Gasteiger partial charge < -0.3 is 14.6 Å². The lowest BCUT2D eigenvalue weighted by molar-refractivity contribution is 0.205. The lowest BCUT2D eigenvalue weighted by Gasteiger charge is -2.35. The van der Waals surface area contributed by atoms with Crippen molar-refractivity contribution in [1.29, 1.82) is 0 Å². The van der Waals surface area contributed by atoms with E-state index in [4.69, 9.17) is 14.2 Å². The van der Waals surface area contributed by atoms with E-state index in [0.717, 1.165) is 40.1 Å². The summed E-state index contributed by atoms with van der Waals surface area (Å²) in [5.74, 6) is 1.66. The number of benzene rings is 3. The number of carbonyl (C=O) groups is 1. The molecule has 1 aromatic heterocycles. The first kappa shape index (κ1) is 24.3. The van der Waals surface area contributed by atoms with Crippen molar-refractivity contribution in [3.05, 3.63) is 107 Å². The minimum absolute atomic E-state index is 0.144. The highest BCUT2D eigenvalue weighted by molar-refractivity contribution is 5.87. The fourth-order valence-electron chi connectivity index (χ4n) is 4.54. The standard InChI is InChI=1S/C30H30N4O3/c1-4-36-25-16-14-24(15-17-25)28-32-29(37-33-28)26-21(3)34(19-18-22-8-6-5-7-9-22)30(35)31-27(26)23-12-10-20(2)11-13-23/h5-17,27H,4,18-19H2,1-3H3,(H,31,35). The van der Waals surface area contributed by atoms with Crippen LogP contribution in [-0.2, 0) is 6.42 Å². The number of urea groups is 1. The van der Waals surface area contributed by atoms with Crippen LogP contribution in [0.4, 0.5) is 4.79 Å². The van der Waals surface area contributed by atoms with Gasteiger partial charge in [-0.3, -0.25) is 4.90 Å². The molecule has 1 aliphatic heterocycles. The van der Waals surface area contributed by atoms with Crippen molar-refractivity contribution in [3.8, 4) is 17.1 Å². The Hall–Kier alpha value is -4.39. The highest BCUT2D eigenvalue weighted by atomic mass is 16.5. The van der Waals surface area contributed by atoms with Crippen LogP contribution in [0.25, 0.3) is 17.0 Å². The van der Waals surface area contributed by atoms with Crippen molar-refractivity contribution in [2.75, 3.05) is 13.2 Å². The summed E-state index contributed by atoms with van der Waals surface area (Å²) in [5.41, 5.74) is 5.68. The van der Waals surface area contributed by atoms with Gasteiger partial charge in [0.1, 0.15) is 5.75 Å². The Balaban J connectivity index is 1.51. The van der Waals surface area contributed by atoms with Crippen molar-refractivity contribution >= 4 is 11.6 Å². The Morgan fingerprint density at radius 3 is 2.41 bits per heavy atom. The normalized spacial score (nSPS) is 15.6. The van der Waals surface area contributed by atoms with Gasteiger partial charge in [-0.05, 0) is 62.6 Å². The first-order valence-corrected chi connectivity index (χ1v) is 12.5. The molecule has 5 rings (SSSR count). The molecule has 0 saturated carbocycles. The molecule has 0 aliphatic carbocycles. The number of ether oxygens (including phenoxy) is 1. The van der Waals surface area contributed by atoms with E-state index in [-0.39, 0.29) is 6.03 Å². The summed E-state index contributed by atoms with van der Waals surface area (Å²) in [6.45, 7) is 7.07. The van der Waals surface area contributed by atoms with Crippen LogP contribution in [-0.4, -0.2) is 34.2 Å². The molecule has 0 radical (unpaired) electrons. The van der Waals surface area contributed by atoms with Gasteiger partial charge in [0.05, 0.1) is 18.2 Å². The second-order valence-corrected chi connectivity index (χ2v) is 9.06. The molecule has 37 heavy (non-hydrogen) atoms. The number of aryl methyl sites for hydroxylation is 1. The topological polar surface area (TPSA) is 80.5 Å². The zero-order valence-electron chi connectivity index (χ0n) is 21.3. The second-order valence-electron chi connectivity index (χ2n) is 9.06. The summed E-state index contributed by atoms with van der Waals surface area (Å²) in [6.07, 6.45) is 0.731. The number of nitrogens with zero attached hydrogens (tertiary/aromatic N) is 3. The average molecular weight is 495 g/mol. The Labute approximate surface area is 216 Å². The van der Waals surface area contributed by atoms with Gasteiger partial charge >= 0.3 is 6.03 Å². The molecule has 2 heterocycles. The summed E-state index contributed by atoms with van der Waals surface area (Å²) in [5, 5.41) is 7.43. The Bertz CT molecular complexity index is 1390. The van der Waals surface area contributed by atoms with E-state index < -0.39 is 6.04 Å². The van der Waals surface area contributed by atoms with E-state index in [1.165, 1.54) is 5.56 Å². The third-order valence-electron chi connectivity index (χ3n) is 6.55. The molecule has 1 unspecified atom stereocenters. The van der Waals surface area contributed by atoms with Gasteiger partial charge in [0.15, 0.2) is 0 Å². The number of hydrogen-bond donors (Lipinski definition) is 1. The lowest BCUT2D eigenvalue weighted by atomic mass is 9.94. The van der Waals surface area contributed by atoms with Crippen LogP contribution in [0.3, 0.4) is 0 Å². The molecule has 4 aromatic rings. The third kappa shape index (κ3) is 5.26. The molecule has 0 spiro atoms. The number of amides is 2. The van der Waals surface area contributed by atoms with E-state index in [0.29, 0.717) is 24.9 Å². The molecule has 188 valence electrons. The largest absolute Gasteiger partial charge is 0.494 e. The van der Waals surface area contributed by atoms with Crippen molar-refractivity contribution < 1.29 is 14.1 Å². The number of rotatable bonds is 8. The molecule has 7 heteroatoms. The number of allylic oxidation sites excluding steroid dienone is 1. The highest BCUT2D eigenvalue weighted by Crippen LogP contribution is 2.37. The summed E-state index contributed by atoms with van der Waals surface area (Å²) in [4.78, 5) is 19.8. The minimum Gasteiger partial charge on any atom is -0.494 e. The fourth-order valence-corrected chi connectivity index (χ4v) is 4.54. The average Bonchev–Trinajstić information content (AvgIpc) is 3.40. The fraction of sp³-hybridized carbons (Fsp3) is 0.233. The van der Waals surface area contributed by atoms with Crippen molar-refractivity contribution in [2.45, 2.75) is 33.2 Å². The maximum Gasteiger partial charge on any atom is 0.322 e. The number of aromatic nitrogens is 2. The van der Waals surface area contributed by atoms with Crippen LogP contribution in [0.5, 0.6) is 5.75 Å². The van der Waals surface area contributed by atoms with Gasteiger partial charge in [0.25, 0.3) is 5.89 Å². The minimum atomic E-state index is -0.408. The quantitative estimate of drug-likeness (QED) is 0.316. The van der Waals surface area contributed by atoms with Gasteiger partial charge in [-0.2, -0.15) is 4.98 Å². The summed E-state index contributed by atoms with van der Waals surface area (Å²) in [6, 6.07) is 25.3. The predicted molar refractivity (Wildman–Crippen MR) is 143 cm³/mol. The number of hydrogen-bond acceptors (Lipinski definition) is 5. The van der Waals surface area contributed by atoms with Crippen molar-refractivity contribution in [3.63, 3.8) is 0 Å². The van der Waals surface area contributed by atoms with Crippen molar-refractivity contribution in [1.82, 2.24) is 20.4 Å². The summed E-state index contributed by atoms with van der Waals surface area (Å²) >= 11 is 0. The SMILES string of the molecule is CCOc1ccc(-c2noc(C3=C(C)N(CCc4ccccc4)C(=O)NC3c3ccc(C)cc3)n2)cc1. The first-order valence-electron chi connectivity index (χ1n) is 12.5. The van der Waals surface area contributed by atoms with Crippen LogP contribution < -0.4 is 10.1 Å². The molecule has 1 atom stereocenters. The van der Waals surface area contributed by atoms with Gasteiger partial charge in [-0.15, -0.1) is 0 Å². The van der Waals surface area contributed by atoms with Crippen LogP contribution in [0.2, 0.25) is 0 Å². The van der Waals surface area contributed by atoms with E-state index in [1.807, 2.05) is 87.5 Å². The zero-order chi connectivity index (χ0) is 25.8. The van der Waals surface area contributed by atoms with E-state index in [2.05, 4.69) is 22.6 Å². The zero-order valence-corrected chi connectivity index (χ0v) is 21.3.